The minimum absolute atomic E-state index is 0.114. The number of piperidine rings is 1. The van der Waals surface area contributed by atoms with E-state index in [1.807, 2.05) is 12.1 Å². The molecule has 2 saturated heterocycles. The van der Waals surface area contributed by atoms with Gasteiger partial charge in [-0.25, -0.2) is 4.79 Å². The lowest BCUT2D eigenvalue weighted by Gasteiger charge is -2.62. The Bertz CT molecular complexity index is 952. The standard InChI is InChI=1S/C24H27ClF3N3O/c1-16(2)31-15-23(21(31)17-3-7-19(25)8-4-17)11-13-30(14-12-23)22(32)29-20-9-5-18(6-10-20)24(26,27)28/h3-10,16,21H,11-15H2,1-2H3,(H,29,32). The summed E-state index contributed by atoms with van der Waals surface area (Å²) in [5, 5.41) is 3.44. The van der Waals surface area contributed by atoms with Gasteiger partial charge in [0.25, 0.3) is 0 Å². The fraction of sp³-hybridized carbons (Fsp3) is 0.458. The fourth-order valence-electron chi connectivity index (χ4n) is 4.98. The van der Waals surface area contributed by atoms with Gasteiger partial charge in [0.15, 0.2) is 0 Å². The van der Waals surface area contributed by atoms with Gasteiger partial charge in [-0.05, 0) is 68.7 Å². The first-order valence-electron chi connectivity index (χ1n) is 10.8. The van der Waals surface area contributed by atoms with Gasteiger partial charge < -0.3 is 10.2 Å². The first kappa shape index (κ1) is 22.9. The van der Waals surface area contributed by atoms with Gasteiger partial charge >= 0.3 is 12.2 Å². The van der Waals surface area contributed by atoms with Crippen LogP contribution in [0.25, 0.3) is 0 Å². The molecule has 0 saturated carbocycles. The number of carbonyl (C=O) groups is 1. The molecular formula is C24H27ClF3N3O. The Labute approximate surface area is 191 Å². The number of carbonyl (C=O) groups excluding carboxylic acids is 1. The van der Waals surface area contributed by atoms with Gasteiger partial charge in [0.1, 0.15) is 0 Å². The summed E-state index contributed by atoms with van der Waals surface area (Å²) in [5.41, 5.74) is 0.987. The molecular weight excluding hydrogens is 439 g/mol. The zero-order valence-corrected chi connectivity index (χ0v) is 18.9. The number of urea groups is 1. The molecule has 2 amide bonds. The number of nitrogens with one attached hydrogen (secondary N) is 1. The van der Waals surface area contributed by atoms with E-state index in [9.17, 15) is 18.0 Å². The van der Waals surface area contributed by atoms with E-state index in [-0.39, 0.29) is 11.4 Å². The van der Waals surface area contributed by atoms with E-state index in [1.165, 1.54) is 17.7 Å². The quantitative estimate of drug-likeness (QED) is 0.566. The third-order valence-electron chi connectivity index (χ3n) is 6.77. The molecule has 32 heavy (non-hydrogen) atoms. The first-order chi connectivity index (χ1) is 15.1. The van der Waals surface area contributed by atoms with Crippen LogP contribution >= 0.6 is 11.6 Å². The monoisotopic (exact) mass is 465 g/mol. The summed E-state index contributed by atoms with van der Waals surface area (Å²) >= 11 is 6.08. The van der Waals surface area contributed by atoms with Gasteiger partial charge in [0.2, 0.25) is 0 Å². The number of hydrogen-bond donors (Lipinski definition) is 1. The summed E-state index contributed by atoms with van der Waals surface area (Å²) in [6.45, 7) is 6.61. The summed E-state index contributed by atoms with van der Waals surface area (Å²) in [5.74, 6) is 0. The van der Waals surface area contributed by atoms with Crippen molar-refractivity contribution < 1.29 is 18.0 Å². The van der Waals surface area contributed by atoms with E-state index in [0.29, 0.717) is 35.9 Å². The molecule has 0 aromatic heterocycles. The van der Waals surface area contributed by atoms with Gasteiger partial charge in [0.05, 0.1) is 5.56 Å². The van der Waals surface area contributed by atoms with E-state index in [1.54, 1.807) is 4.90 Å². The Hall–Kier alpha value is -2.25. The molecule has 8 heteroatoms. The van der Waals surface area contributed by atoms with Crippen LogP contribution in [0.15, 0.2) is 48.5 Å². The normalized spacial score (nSPS) is 21.0. The lowest BCUT2D eigenvalue weighted by atomic mass is 9.62. The molecule has 0 bridgehead atoms. The van der Waals surface area contributed by atoms with Crippen molar-refractivity contribution in [3.05, 3.63) is 64.7 Å². The Kier molecular flexibility index (Phi) is 6.16. The molecule has 1 unspecified atom stereocenters. The molecule has 172 valence electrons. The van der Waals surface area contributed by atoms with Gasteiger partial charge in [-0.15, -0.1) is 0 Å². The Balaban J connectivity index is 1.40. The zero-order valence-electron chi connectivity index (χ0n) is 18.1. The van der Waals surface area contributed by atoms with Crippen molar-refractivity contribution in [2.75, 3.05) is 25.0 Å². The molecule has 1 N–H and O–H groups in total. The predicted molar refractivity (Wildman–Crippen MR) is 120 cm³/mol. The summed E-state index contributed by atoms with van der Waals surface area (Å²) in [6, 6.07) is 13.0. The third kappa shape index (κ3) is 4.46. The fourth-order valence-corrected chi connectivity index (χ4v) is 5.11. The number of nitrogens with zero attached hydrogens (tertiary/aromatic N) is 2. The second-order valence-corrected chi connectivity index (χ2v) is 9.51. The molecule has 2 aliphatic heterocycles. The minimum atomic E-state index is -4.39. The Morgan fingerprint density at radius 3 is 2.19 bits per heavy atom. The van der Waals surface area contributed by atoms with E-state index in [4.69, 9.17) is 11.6 Å². The third-order valence-corrected chi connectivity index (χ3v) is 7.02. The van der Waals surface area contributed by atoms with Gasteiger partial charge in [-0.3, -0.25) is 4.90 Å². The summed E-state index contributed by atoms with van der Waals surface area (Å²) < 4.78 is 38.2. The van der Waals surface area contributed by atoms with Crippen LogP contribution in [-0.2, 0) is 6.18 Å². The molecule has 2 aliphatic rings. The van der Waals surface area contributed by atoms with Crippen molar-refractivity contribution >= 4 is 23.3 Å². The largest absolute Gasteiger partial charge is 0.416 e. The summed E-state index contributed by atoms with van der Waals surface area (Å²) in [4.78, 5) is 16.9. The SMILES string of the molecule is CC(C)N1CC2(CCN(C(=O)Nc3ccc(C(F)(F)F)cc3)CC2)C1c1ccc(Cl)cc1. The summed E-state index contributed by atoms with van der Waals surface area (Å²) in [6.07, 6.45) is -2.63. The van der Waals surface area contributed by atoms with Crippen molar-refractivity contribution in [3.8, 4) is 0 Å². The van der Waals surface area contributed by atoms with Crippen molar-refractivity contribution in [1.29, 1.82) is 0 Å². The average Bonchev–Trinajstić information content (AvgIpc) is 2.73. The molecule has 2 aromatic rings. The number of anilines is 1. The maximum Gasteiger partial charge on any atom is 0.416 e. The molecule has 1 atom stereocenters. The van der Waals surface area contributed by atoms with Gasteiger partial charge in [-0.1, -0.05) is 23.7 Å². The number of benzene rings is 2. The minimum Gasteiger partial charge on any atom is -0.324 e. The molecule has 4 rings (SSSR count). The van der Waals surface area contributed by atoms with E-state index in [0.717, 1.165) is 31.5 Å². The van der Waals surface area contributed by atoms with Crippen LogP contribution in [0.3, 0.4) is 0 Å². The maximum absolute atomic E-state index is 12.7. The number of halogens is 4. The molecule has 4 nitrogen and oxygen atoms in total. The van der Waals surface area contributed by atoms with Crippen LogP contribution in [-0.4, -0.2) is 41.5 Å². The van der Waals surface area contributed by atoms with Gasteiger partial charge in [0, 0.05) is 47.8 Å². The van der Waals surface area contributed by atoms with E-state index < -0.39 is 11.7 Å². The van der Waals surface area contributed by atoms with Crippen LogP contribution < -0.4 is 5.32 Å². The summed E-state index contributed by atoms with van der Waals surface area (Å²) in [7, 11) is 0. The number of hydrogen-bond acceptors (Lipinski definition) is 2. The predicted octanol–water partition coefficient (Wildman–Crippen LogP) is 6.44. The maximum atomic E-state index is 12.7. The number of alkyl halides is 3. The lowest BCUT2D eigenvalue weighted by molar-refractivity contribution is -0.137. The number of rotatable bonds is 3. The molecule has 2 fully saturated rings. The van der Waals surface area contributed by atoms with Crippen LogP contribution in [0.2, 0.25) is 5.02 Å². The smallest absolute Gasteiger partial charge is 0.324 e. The highest BCUT2D eigenvalue weighted by Gasteiger charge is 2.54. The molecule has 0 aliphatic carbocycles. The number of amides is 2. The topological polar surface area (TPSA) is 35.6 Å². The first-order valence-corrected chi connectivity index (χ1v) is 11.2. The van der Waals surface area contributed by atoms with Crippen LogP contribution in [0.5, 0.6) is 0 Å². The lowest BCUT2D eigenvalue weighted by Crippen LogP contribution is -2.64. The molecule has 2 heterocycles. The molecule has 1 spiro atoms. The van der Waals surface area contributed by atoms with Crippen molar-refractivity contribution in [3.63, 3.8) is 0 Å². The number of likely N-dealkylation sites (tertiary alicyclic amines) is 2. The Morgan fingerprint density at radius 1 is 1.06 bits per heavy atom. The van der Waals surface area contributed by atoms with Crippen LogP contribution in [0.4, 0.5) is 23.7 Å². The van der Waals surface area contributed by atoms with Crippen molar-refractivity contribution in [1.82, 2.24) is 9.80 Å². The van der Waals surface area contributed by atoms with Crippen molar-refractivity contribution in [2.24, 2.45) is 5.41 Å². The molecule has 0 radical (unpaired) electrons. The second kappa shape index (κ2) is 8.60. The highest BCUT2D eigenvalue weighted by atomic mass is 35.5. The van der Waals surface area contributed by atoms with E-state index >= 15 is 0 Å². The highest BCUT2D eigenvalue weighted by Crippen LogP contribution is 2.55. The zero-order chi connectivity index (χ0) is 23.1. The second-order valence-electron chi connectivity index (χ2n) is 9.07. The van der Waals surface area contributed by atoms with Gasteiger partial charge in [-0.2, -0.15) is 13.2 Å². The van der Waals surface area contributed by atoms with Crippen molar-refractivity contribution in [2.45, 2.75) is 44.9 Å². The molecule has 2 aromatic carbocycles. The van der Waals surface area contributed by atoms with E-state index in [2.05, 4.69) is 36.2 Å². The average molecular weight is 466 g/mol. The van der Waals surface area contributed by atoms with Crippen LogP contribution in [0, 0.1) is 5.41 Å². The highest BCUT2D eigenvalue weighted by molar-refractivity contribution is 6.30. The van der Waals surface area contributed by atoms with Crippen LogP contribution in [0.1, 0.15) is 43.9 Å². The Morgan fingerprint density at radius 2 is 1.66 bits per heavy atom.